The van der Waals surface area contributed by atoms with Gasteiger partial charge >= 0.3 is 0 Å². The zero-order valence-corrected chi connectivity index (χ0v) is 10.8. The third kappa shape index (κ3) is 3.89. The molecule has 0 fully saturated rings. The molecule has 0 atom stereocenters. The van der Waals surface area contributed by atoms with Crippen molar-refractivity contribution in [3.63, 3.8) is 0 Å². The first-order valence-electron chi connectivity index (χ1n) is 5.68. The number of nitrogens with one attached hydrogen (secondary N) is 1. The maximum absolute atomic E-state index is 11.1. The van der Waals surface area contributed by atoms with Gasteiger partial charge in [0.2, 0.25) is 0 Å². The zero-order valence-electron chi connectivity index (χ0n) is 10.8. The molecule has 88 valence electrons. The molecule has 2 nitrogen and oxygen atoms in total. The molecule has 1 aromatic rings. The van der Waals surface area contributed by atoms with Crippen LogP contribution < -0.4 is 10.6 Å². The van der Waals surface area contributed by atoms with Crippen LogP contribution in [0.5, 0.6) is 0 Å². The molecule has 0 aliphatic carbocycles. The third-order valence-electron chi connectivity index (χ3n) is 2.03. The van der Waals surface area contributed by atoms with E-state index in [1.54, 1.807) is 6.92 Å². The van der Waals surface area contributed by atoms with Gasteiger partial charge in [0.15, 0.2) is 5.78 Å². The fourth-order valence-electron chi connectivity index (χ4n) is 1.25. The molecular weight excluding hydrogens is 198 g/mol. The molecule has 1 aromatic heterocycles. The van der Waals surface area contributed by atoms with Gasteiger partial charge in [-0.05, 0) is 31.2 Å². The van der Waals surface area contributed by atoms with Crippen molar-refractivity contribution in [2.45, 2.75) is 34.6 Å². The van der Waals surface area contributed by atoms with E-state index in [9.17, 15) is 4.79 Å². The summed E-state index contributed by atoms with van der Waals surface area (Å²) in [5, 5.41) is 2.05. The van der Waals surface area contributed by atoms with E-state index in [1.807, 2.05) is 58.1 Å². The first-order chi connectivity index (χ1) is 7.69. The van der Waals surface area contributed by atoms with Gasteiger partial charge in [0.05, 0.1) is 5.69 Å². The van der Waals surface area contributed by atoms with E-state index in [4.69, 9.17) is 0 Å². The minimum Gasteiger partial charge on any atom is -0.352 e. The molecule has 0 aliphatic rings. The van der Waals surface area contributed by atoms with Crippen molar-refractivity contribution in [2.24, 2.45) is 0 Å². The molecule has 1 heterocycles. The van der Waals surface area contributed by atoms with Crippen LogP contribution in [0.15, 0.2) is 18.2 Å². The van der Waals surface area contributed by atoms with E-state index in [1.165, 1.54) is 0 Å². The average Bonchev–Trinajstić information content (AvgIpc) is 2.72. The molecule has 16 heavy (non-hydrogen) atoms. The van der Waals surface area contributed by atoms with Gasteiger partial charge < -0.3 is 4.98 Å². The Morgan fingerprint density at radius 1 is 1.31 bits per heavy atom. The fraction of sp³-hybridized carbons (Fsp3) is 0.357. The lowest BCUT2D eigenvalue weighted by molar-refractivity contribution is 0.101. The molecule has 0 saturated heterocycles. The number of ketones is 1. The largest absolute Gasteiger partial charge is 0.352 e. The van der Waals surface area contributed by atoms with E-state index in [2.05, 4.69) is 4.98 Å². The Labute approximate surface area is 97.4 Å². The van der Waals surface area contributed by atoms with E-state index < -0.39 is 0 Å². The highest BCUT2D eigenvalue weighted by atomic mass is 16.1. The number of rotatable bonds is 2. The lowest BCUT2D eigenvalue weighted by Crippen LogP contribution is -2.21. The van der Waals surface area contributed by atoms with Gasteiger partial charge in [-0.2, -0.15) is 0 Å². The Morgan fingerprint density at radius 2 is 1.94 bits per heavy atom. The minimum absolute atomic E-state index is 0.0632. The van der Waals surface area contributed by atoms with Gasteiger partial charge in [-0.25, -0.2) is 0 Å². The molecule has 0 radical (unpaired) electrons. The number of allylic oxidation sites excluding steroid dienone is 2. The maximum Gasteiger partial charge on any atom is 0.175 e. The zero-order chi connectivity index (χ0) is 12.6. The number of Topliss-reactive ketones (excluding diaryl/α,β-unsaturated/α-hetero) is 1. The topological polar surface area (TPSA) is 32.9 Å². The summed E-state index contributed by atoms with van der Waals surface area (Å²) in [5.41, 5.74) is 0.661. The molecule has 0 aliphatic heterocycles. The van der Waals surface area contributed by atoms with Gasteiger partial charge in [0.1, 0.15) is 0 Å². The number of carbonyl (C=O) groups excluding carboxylic acids is 1. The molecule has 2 heteroatoms. The van der Waals surface area contributed by atoms with Gasteiger partial charge in [-0.3, -0.25) is 4.79 Å². The molecule has 1 N–H and O–H groups in total. The molecule has 0 bridgehead atoms. The number of hydrogen-bond donors (Lipinski definition) is 1. The van der Waals surface area contributed by atoms with Crippen molar-refractivity contribution in [3.8, 4) is 0 Å². The van der Waals surface area contributed by atoms with Crippen molar-refractivity contribution >= 4 is 17.9 Å². The van der Waals surface area contributed by atoms with Crippen molar-refractivity contribution in [1.82, 2.24) is 4.98 Å². The Bertz CT molecular complexity index is 463. The highest BCUT2D eigenvalue weighted by Gasteiger charge is 1.99. The van der Waals surface area contributed by atoms with Crippen LogP contribution in [0.2, 0.25) is 0 Å². The van der Waals surface area contributed by atoms with Crippen LogP contribution in [0.3, 0.4) is 0 Å². The van der Waals surface area contributed by atoms with Crippen LogP contribution in [0.1, 0.15) is 45.1 Å². The van der Waals surface area contributed by atoms with Crippen molar-refractivity contribution in [2.75, 3.05) is 0 Å². The number of hydrogen-bond acceptors (Lipinski definition) is 1. The lowest BCUT2D eigenvalue weighted by atomic mass is 10.3. The normalized spacial score (nSPS) is 12.8. The molecule has 0 amide bonds. The summed E-state index contributed by atoms with van der Waals surface area (Å²) in [5.74, 6) is 0.0632. The summed E-state index contributed by atoms with van der Waals surface area (Å²) in [4.78, 5) is 14.2. The molecule has 0 spiro atoms. The van der Waals surface area contributed by atoms with Gasteiger partial charge in [-0.1, -0.05) is 32.1 Å². The van der Waals surface area contributed by atoms with Crippen molar-refractivity contribution in [3.05, 3.63) is 34.5 Å². The van der Waals surface area contributed by atoms with Gasteiger partial charge in [0.25, 0.3) is 0 Å². The second-order valence-electron chi connectivity index (χ2n) is 3.09. The highest BCUT2D eigenvalue weighted by Crippen LogP contribution is 1.87. The Kier molecular flexibility index (Phi) is 6.93. The Hall–Kier alpha value is -1.57. The number of carbonyl (C=O) groups is 1. The average molecular weight is 219 g/mol. The second kappa shape index (κ2) is 7.69. The van der Waals surface area contributed by atoms with Crippen LogP contribution in [0.4, 0.5) is 0 Å². The number of H-pyrrole nitrogens is 1. The fourth-order valence-corrected chi connectivity index (χ4v) is 1.25. The van der Waals surface area contributed by atoms with E-state index in [0.717, 1.165) is 10.6 Å². The smallest absolute Gasteiger partial charge is 0.175 e. The van der Waals surface area contributed by atoms with Crippen molar-refractivity contribution < 1.29 is 4.79 Å². The van der Waals surface area contributed by atoms with E-state index in [-0.39, 0.29) is 5.78 Å². The molecule has 0 saturated carbocycles. The predicted molar refractivity (Wildman–Crippen MR) is 70.8 cm³/mol. The van der Waals surface area contributed by atoms with Crippen LogP contribution in [-0.4, -0.2) is 10.8 Å². The predicted octanol–water partition coefficient (Wildman–Crippen LogP) is 2.40. The highest BCUT2D eigenvalue weighted by molar-refractivity contribution is 5.92. The standard InChI is InChI=1S/C12H15NO.C2H6/c1-4-6-7-11-10(5-2)8-12(13-11)9(3)14;1-2/h4-8,13H,1-3H3;1-2H3/b6-4-,10-5-,11-7+;. The summed E-state index contributed by atoms with van der Waals surface area (Å²) in [7, 11) is 0. The first-order valence-corrected chi connectivity index (χ1v) is 5.68. The summed E-state index contributed by atoms with van der Waals surface area (Å²) >= 11 is 0. The van der Waals surface area contributed by atoms with Crippen LogP contribution in [0, 0.1) is 0 Å². The Morgan fingerprint density at radius 3 is 2.38 bits per heavy atom. The van der Waals surface area contributed by atoms with Crippen LogP contribution in [-0.2, 0) is 0 Å². The van der Waals surface area contributed by atoms with Gasteiger partial charge in [0, 0.05) is 12.3 Å². The quantitative estimate of drug-likeness (QED) is 0.761. The molecule has 0 aromatic carbocycles. The van der Waals surface area contributed by atoms with Gasteiger partial charge in [-0.15, -0.1) is 0 Å². The number of aromatic amines is 1. The number of aromatic nitrogens is 1. The molecule has 0 unspecified atom stereocenters. The minimum atomic E-state index is 0.0632. The summed E-state index contributed by atoms with van der Waals surface area (Å²) in [6.07, 6.45) is 7.84. The summed E-state index contributed by atoms with van der Waals surface area (Å²) in [6, 6.07) is 1.87. The van der Waals surface area contributed by atoms with E-state index >= 15 is 0 Å². The maximum atomic E-state index is 11.1. The lowest BCUT2D eigenvalue weighted by Gasteiger charge is -1.83. The van der Waals surface area contributed by atoms with E-state index in [0.29, 0.717) is 5.69 Å². The van der Waals surface area contributed by atoms with Crippen LogP contribution in [0.25, 0.3) is 12.2 Å². The molecule has 1 rings (SSSR count). The third-order valence-corrected chi connectivity index (χ3v) is 2.03. The SMILES string of the molecule is CC.C\C=C/C=c1/[nH]c(C(C)=O)c/c1=C/C. The molecular formula is C14H21NO. The first kappa shape index (κ1) is 14.4. The van der Waals surface area contributed by atoms with Crippen molar-refractivity contribution in [1.29, 1.82) is 0 Å². The Balaban J connectivity index is 0.00000106. The monoisotopic (exact) mass is 219 g/mol. The summed E-state index contributed by atoms with van der Waals surface area (Å²) < 4.78 is 0. The second-order valence-corrected chi connectivity index (χ2v) is 3.09. The van der Waals surface area contributed by atoms with Crippen LogP contribution >= 0.6 is 0 Å². The summed E-state index contributed by atoms with van der Waals surface area (Å²) in [6.45, 7) is 9.48.